The van der Waals surface area contributed by atoms with Crippen molar-refractivity contribution >= 4 is 17.9 Å². The van der Waals surface area contributed by atoms with E-state index in [0.29, 0.717) is 19.3 Å². The second kappa shape index (κ2) is 63.8. The third-order valence-electron chi connectivity index (χ3n) is 12.8. The Bertz CT molecular complexity index is 1700. The van der Waals surface area contributed by atoms with Crippen LogP contribution < -0.4 is 0 Å². The molecule has 0 spiro atoms. The van der Waals surface area contributed by atoms with Crippen LogP contribution in [0.4, 0.5) is 0 Å². The van der Waals surface area contributed by atoms with Crippen molar-refractivity contribution in [3.8, 4) is 0 Å². The fourth-order valence-electron chi connectivity index (χ4n) is 8.26. The molecule has 0 bridgehead atoms. The third-order valence-corrected chi connectivity index (χ3v) is 12.8. The Morgan fingerprint density at radius 1 is 0.260 bits per heavy atom. The van der Waals surface area contributed by atoms with Crippen LogP contribution in [0.15, 0.2) is 146 Å². The van der Waals surface area contributed by atoms with E-state index in [-0.39, 0.29) is 37.5 Å². The zero-order chi connectivity index (χ0) is 55.7. The summed E-state index contributed by atoms with van der Waals surface area (Å²) < 4.78 is 16.8. The Labute approximate surface area is 474 Å². The summed E-state index contributed by atoms with van der Waals surface area (Å²) in [4.78, 5) is 38.2. The largest absolute Gasteiger partial charge is 0.462 e. The Morgan fingerprint density at radius 2 is 0.494 bits per heavy atom. The molecule has 0 rings (SSSR count). The molecular formula is C71H114O6. The number of hydrogen-bond donors (Lipinski definition) is 0. The summed E-state index contributed by atoms with van der Waals surface area (Å²) in [6.07, 6.45) is 91.6. The van der Waals surface area contributed by atoms with Crippen LogP contribution >= 0.6 is 0 Å². The van der Waals surface area contributed by atoms with E-state index in [2.05, 4.69) is 161 Å². The molecule has 77 heavy (non-hydrogen) atoms. The number of carbonyl (C=O) groups is 3. The molecule has 0 aliphatic heterocycles. The molecule has 1 atom stereocenters. The number of ether oxygens (including phenoxy) is 3. The molecule has 1 unspecified atom stereocenters. The lowest BCUT2D eigenvalue weighted by atomic mass is 10.0. The number of rotatable bonds is 55. The molecule has 0 radical (unpaired) electrons. The molecule has 0 fully saturated rings. The van der Waals surface area contributed by atoms with Gasteiger partial charge < -0.3 is 14.2 Å². The fourth-order valence-corrected chi connectivity index (χ4v) is 8.26. The van der Waals surface area contributed by atoms with Gasteiger partial charge in [0.25, 0.3) is 0 Å². The van der Waals surface area contributed by atoms with Crippen LogP contribution in [0.25, 0.3) is 0 Å². The second-order valence-electron chi connectivity index (χ2n) is 20.2. The minimum Gasteiger partial charge on any atom is -0.462 e. The highest BCUT2D eigenvalue weighted by Gasteiger charge is 2.19. The van der Waals surface area contributed by atoms with Crippen molar-refractivity contribution in [1.29, 1.82) is 0 Å². The van der Waals surface area contributed by atoms with E-state index >= 15 is 0 Å². The van der Waals surface area contributed by atoms with Gasteiger partial charge in [0, 0.05) is 19.3 Å². The molecule has 0 amide bonds. The summed E-state index contributed by atoms with van der Waals surface area (Å²) in [6, 6.07) is 0. The zero-order valence-corrected chi connectivity index (χ0v) is 49.7. The monoisotopic (exact) mass is 1060 g/mol. The molecule has 0 aromatic heterocycles. The van der Waals surface area contributed by atoms with Gasteiger partial charge in [-0.3, -0.25) is 14.4 Å². The lowest BCUT2D eigenvalue weighted by Crippen LogP contribution is -2.30. The van der Waals surface area contributed by atoms with Gasteiger partial charge >= 0.3 is 17.9 Å². The molecule has 6 nitrogen and oxygen atoms in total. The molecule has 0 heterocycles. The van der Waals surface area contributed by atoms with Gasteiger partial charge in [-0.25, -0.2) is 0 Å². The van der Waals surface area contributed by atoms with Crippen molar-refractivity contribution in [3.05, 3.63) is 146 Å². The average Bonchev–Trinajstić information content (AvgIpc) is 3.43. The molecule has 0 aromatic carbocycles. The topological polar surface area (TPSA) is 78.9 Å². The van der Waals surface area contributed by atoms with Crippen LogP contribution in [0, 0.1) is 0 Å². The molecule has 0 aliphatic rings. The quantitative estimate of drug-likeness (QED) is 0.0261. The van der Waals surface area contributed by atoms with Crippen LogP contribution in [0.1, 0.15) is 265 Å². The molecule has 434 valence electrons. The van der Waals surface area contributed by atoms with Crippen molar-refractivity contribution in [3.63, 3.8) is 0 Å². The highest BCUT2D eigenvalue weighted by molar-refractivity contribution is 5.71. The number of esters is 3. The normalized spacial score (nSPS) is 13.1. The summed E-state index contributed by atoms with van der Waals surface area (Å²) in [7, 11) is 0. The number of allylic oxidation sites excluding steroid dienone is 24. The maximum Gasteiger partial charge on any atom is 0.306 e. The number of unbranched alkanes of at least 4 members (excludes halogenated alkanes) is 20. The van der Waals surface area contributed by atoms with Gasteiger partial charge in [0.1, 0.15) is 13.2 Å². The Kier molecular flexibility index (Phi) is 59.9. The van der Waals surface area contributed by atoms with E-state index in [9.17, 15) is 14.4 Å². The summed E-state index contributed by atoms with van der Waals surface area (Å²) in [5.74, 6) is -1.01. The summed E-state index contributed by atoms with van der Waals surface area (Å²) in [5, 5.41) is 0. The number of carbonyl (C=O) groups excluding carboxylic acids is 3. The molecule has 0 saturated heterocycles. The highest BCUT2D eigenvalue weighted by Crippen LogP contribution is 2.15. The fraction of sp³-hybridized carbons (Fsp3) is 0.620. The first-order chi connectivity index (χ1) is 38.0. The summed E-state index contributed by atoms with van der Waals surface area (Å²) in [6.45, 7) is 6.22. The molecule has 0 aromatic rings. The zero-order valence-electron chi connectivity index (χ0n) is 49.7. The highest BCUT2D eigenvalue weighted by atomic mass is 16.6. The van der Waals surface area contributed by atoms with Crippen LogP contribution in [-0.2, 0) is 28.6 Å². The smallest absolute Gasteiger partial charge is 0.306 e. The van der Waals surface area contributed by atoms with Crippen molar-refractivity contribution < 1.29 is 28.6 Å². The predicted molar refractivity (Wildman–Crippen MR) is 334 cm³/mol. The number of hydrogen-bond acceptors (Lipinski definition) is 6. The van der Waals surface area contributed by atoms with E-state index in [1.165, 1.54) is 89.9 Å². The Balaban J connectivity index is 4.36. The Morgan fingerprint density at radius 3 is 0.805 bits per heavy atom. The maximum atomic E-state index is 12.9. The van der Waals surface area contributed by atoms with Gasteiger partial charge in [0.05, 0.1) is 0 Å². The van der Waals surface area contributed by atoms with Crippen LogP contribution in [0.5, 0.6) is 0 Å². The van der Waals surface area contributed by atoms with E-state index in [1.807, 2.05) is 6.08 Å². The second-order valence-corrected chi connectivity index (χ2v) is 20.2. The van der Waals surface area contributed by atoms with Crippen LogP contribution in [0.3, 0.4) is 0 Å². The standard InChI is InChI=1S/C71H114O6/c1-4-7-10-13-16-19-22-25-27-29-31-32-33-34-35-36-37-38-40-41-43-46-49-52-55-58-61-64-70(73)76-67-68(66-75-69(72)63-60-57-54-51-48-45-24-21-18-15-12-9-6-3)77-71(74)65-62-59-56-53-50-47-44-42-39-30-28-26-23-20-17-14-11-8-5-2/h7-12,16-21,25-28,31-32,39,42,45,48,54,57,68H,4-6,13-15,22-24,29-30,33-38,40-41,43-44,46-47,49-53,55-56,58-67H2,1-3H3/b10-7-,11-8-,12-9-,19-16-,20-17-,21-18-,27-25-,28-26-,32-31-,42-39-,48-45-,57-54-. The lowest BCUT2D eigenvalue weighted by Gasteiger charge is -2.18. The lowest BCUT2D eigenvalue weighted by molar-refractivity contribution is -0.166. The van der Waals surface area contributed by atoms with Crippen molar-refractivity contribution in [2.75, 3.05) is 13.2 Å². The van der Waals surface area contributed by atoms with Crippen molar-refractivity contribution in [1.82, 2.24) is 0 Å². The van der Waals surface area contributed by atoms with Gasteiger partial charge in [-0.2, -0.15) is 0 Å². The molecular weight excluding hydrogens is 949 g/mol. The summed E-state index contributed by atoms with van der Waals surface area (Å²) >= 11 is 0. The van der Waals surface area contributed by atoms with Crippen LogP contribution in [0.2, 0.25) is 0 Å². The van der Waals surface area contributed by atoms with E-state index in [0.717, 1.165) is 128 Å². The van der Waals surface area contributed by atoms with E-state index < -0.39 is 6.10 Å². The molecule has 6 heteroatoms. The SMILES string of the molecule is CC/C=C\C/C=C\C/C=C\C/C=C\CCCCCCCCCCCCCCCCC(=O)OCC(COC(=O)CC/C=C\C/C=C\C/C=C\C/C=C\CC)OC(=O)CCCCCCCC/C=C\C/C=C\C/C=C\C/C=C\CC. The first-order valence-electron chi connectivity index (χ1n) is 31.3. The average molecular weight is 1060 g/mol. The van der Waals surface area contributed by atoms with E-state index in [1.54, 1.807) is 0 Å². The molecule has 0 saturated carbocycles. The molecule has 0 N–H and O–H groups in total. The van der Waals surface area contributed by atoms with Crippen LogP contribution in [-0.4, -0.2) is 37.2 Å². The molecule has 0 aliphatic carbocycles. The third kappa shape index (κ3) is 62.0. The van der Waals surface area contributed by atoms with Gasteiger partial charge in [0.15, 0.2) is 6.10 Å². The van der Waals surface area contributed by atoms with E-state index in [4.69, 9.17) is 14.2 Å². The maximum absolute atomic E-state index is 12.9. The van der Waals surface area contributed by atoms with Gasteiger partial charge in [-0.05, 0) is 122 Å². The van der Waals surface area contributed by atoms with Gasteiger partial charge in [-0.15, -0.1) is 0 Å². The minimum atomic E-state index is -0.821. The van der Waals surface area contributed by atoms with Gasteiger partial charge in [-0.1, -0.05) is 269 Å². The first kappa shape index (κ1) is 72.3. The minimum absolute atomic E-state index is 0.110. The van der Waals surface area contributed by atoms with Crippen molar-refractivity contribution in [2.45, 2.75) is 271 Å². The summed E-state index contributed by atoms with van der Waals surface area (Å²) in [5.41, 5.74) is 0. The first-order valence-corrected chi connectivity index (χ1v) is 31.3. The Hall–Kier alpha value is -4.71. The van der Waals surface area contributed by atoms with Gasteiger partial charge in [0.2, 0.25) is 0 Å². The predicted octanol–water partition coefficient (Wildman–Crippen LogP) is 21.5. The van der Waals surface area contributed by atoms with Crippen molar-refractivity contribution in [2.24, 2.45) is 0 Å².